The molecule has 0 aromatic rings. The normalized spacial score (nSPS) is 12.5. The zero-order valence-electron chi connectivity index (χ0n) is 25.4. The maximum atomic E-state index is 6.82. The summed E-state index contributed by atoms with van der Waals surface area (Å²) < 4.78 is 12.6. The van der Waals surface area contributed by atoms with Crippen molar-refractivity contribution in [3.05, 3.63) is 0 Å². The summed E-state index contributed by atoms with van der Waals surface area (Å²) in [4.78, 5) is 0. The monoisotopic (exact) mass is 513 g/mol. The molecule has 4 heteroatoms. The quantitative estimate of drug-likeness (QED) is 0.0773. The maximum Gasteiger partial charge on any atom is 0.230 e. The van der Waals surface area contributed by atoms with Crippen LogP contribution in [0.2, 0.25) is 0 Å². The Bertz CT molecular complexity index is 416. The molecule has 0 unspecified atom stereocenters. The highest BCUT2D eigenvalue weighted by atomic mass is 16.7. The third kappa shape index (κ3) is 19.9. The van der Waals surface area contributed by atoms with E-state index in [1.165, 1.54) is 116 Å². The van der Waals surface area contributed by atoms with Gasteiger partial charge in [-0.15, -0.1) is 0 Å². The van der Waals surface area contributed by atoms with Gasteiger partial charge in [0.25, 0.3) is 0 Å². The average molecular weight is 513 g/mol. The molecule has 0 aliphatic rings. The smallest absolute Gasteiger partial charge is 0.230 e. The summed E-state index contributed by atoms with van der Waals surface area (Å²) in [6, 6.07) is 0. The van der Waals surface area contributed by atoms with Crippen LogP contribution in [0.5, 0.6) is 0 Å². The van der Waals surface area contributed by atoms with E-state index in [4.69, 9.17) is 20.9 Å². The van der Waals surface area contributed by atoms with Crippen LogP contribution in [-0.2, 0) is 9.47 Å². The molecule has 0 aromatic heterocycles. The van der Waals surface area contributed by atoms with Gasteiger partial charge in [-0.1, -0.05) is 150 Å². The summed E-state index contributed by atoms with van der Waals surface area (Å²) in [5, 5.41) is 0. The average Bonchev–Trinajstić information content (AvgIpc) is 2.86. The zero-order chi connectivity index (χ0) is 26.8. The van der Waals surface area contributed by atoms with Crippen LogP contribution < -0.4 is 11.5 Å². The van der Waals surface area contributed by atoms with E-state index in [0.29, 0.717) is 13.2 Å². The Labute approximate surface area is 227 Å². The summed E-state index contributed by atoms with van der Waals surface area (Å²) in [6.45, 7) is 11.1. The van der Waals surface area contributed by atoms with Gasteiger partial charge in [-0.05, 0) is 32.2 Å². The van der Waals surface area contributed by atoms with Crippen molar-refractivity contribution in [1.82, 2.24) is 0 Å². The highest BCUT2D eigenvalue weighted by molar-refractivity contribution is 4.83. The molecule has 0 aliphatic heterocycles. The molecule has 4 nitrogen and oxygen atoms in total. The lowest BCUT2D eigenvalue weighted by atomic mass is 9.83. The number of unbranched alkanes of at least 4 members (excludes halogenated alkanes) is 19. The molecule has 4 N–H and O–H groups in total. The molecule has 0 fully saturated rings. The molecule has 0 bridgehead atoms. The fraction of sp³-hybridized carbons (Fsp3) is 1.00. The maximum absolute atomic E-state index is 6.82. The lowest BCUT2D eigenvalue weighted by Crippen LogP contribution is -2.57. The second kappa shape index (κ2) is 25.1. The van der Waals surface area contributed by atoms with Crippen molar-refractivity contribution in [2.75, 3.05) is 19.8 Å². The molecule has 0 amide bonds. The largest absolute Gasteiger partial charge is 0.337 e. The number of nitrogens with two attached hydrogens (primary N) is 2. The Hall–Kier alpha value is -0.160. The molecule has 0 saturated heterocycles. The van der Waals surface area contributed by atoms with Crippen molar-refractivity contribution in [3.8, 4) is 0 Å². The van der Waals surface area contributed by atoms with Crippen LogP contribution in [0.3, 0.4) is 0 Å². The van der Waals surface area contributed by atoms with E-state index in [2.05, 4.69) is 27.7 Å². The Morgan fingerprint density at radius 1 is 0.472 bits per heavy atom. The number of ether oxygens (including phenoxy) is 2. The van der Waals surface area contributed by atoms with E-state index >= 15 is 0 Å². The molecule has 36 heavy (non-hydrogen) atoms. The molecular weight excluding hydrogens is 444 g/mol. The number of hydrogen-bond acceptors (Lipinski definition) is 4. The minimum absolute atomic E-state index is 0.237. The summed E-state index contributed by atoms with van der Waals surface area (Å²) in [5.74, 6) is -1.01. The third-order valence-electron chi connectivity index (χ3n) is 7.83. The van der Waals surface area contributed by atoms with Crippen LogP contribution >= 0.6 is 0 Å². The number of rotatable bonds is 29. The van der Waals surface area contributed by atoms with Crippen LogP contribution in [0.1, 0.15) is 175 Å². The SMILES string of the molecule is CCCCCCCCCCCCOC(N)(OCCCCCCCCCCCC)C(C)(C)CCCCN. The second-order valence-corrected chi connectivity index (χ2v) is 11.9. The molecular formula is C32H68N2O2. The second-order valence-electron chi connectivity index (χ2n) is 11.9. The summed E-state index contributed by atoms with van der Waals surface area (Å²) in [6.07, 6.45) is 29.5. The predicted molar refractivity (Wildman–Crippen MR) is 159 cm³/mol. The fourth-order valence-electron chi connectivity index (χ4n) is 4.94. The first kappa shape index (κ1) is 35.8. The first-order chi connectivity index (χ1) is 17.4. The minimum atomic E-state index is -1.01. The first-order valence-corrected chi connectivity index (χ1v) is 16.2. The van der Waals surface area contributed by atoms with Crippen LogP contribution in [0, 0.1) is 5.41 Å². The molecule has 0 radical (unpaired) electrons. The standard InChI is InChI=1S/C32H68N2O2/c1-5-7-9-11-13-15-17-19-21-25-29-35-32(34,31(3,4)27-23-24-28-33)36-30-26-22-20-18-16-14-12-10-8-6-2/h5-30,33-34H2,1-4H3. The third-order valence-corrected chi connectivity index (χ3v) is 7.83. The van der Waals surface area contributed by atoms with Crippen molar-refractivity contribution in [1.29, 1.82) is 0 Å². The van der Waals surface area contributed by atoms with Crippen molar-refractivity contribution in [2.45, 2.75) is 181 Å². The van der Waals surface area contributed by atoms with Crippen LogP contribution in [0.25, 0.3) is 0 Å². The van der Waals surface area contributed by atoms with Gasteiger partial charge in [-0.25, -0.2) is 0 Å². The van der Waals surface area contributed by atoms with Crippen LogP contribution in [0.15, 0.2) is 0 Å². The van der Waals surface area contributed by atoms with Gasteiger partial charge >= 0.3 is 0 Å². The predicted octanol–water partition coefficient (Wildman–Crippen LogP) is 9.63. The van der Waals surface area contributed by atoms with Gasteiger partial charge in [0.05, 0.1) is 13.2 Å². The Kier molecular flexibility index (Phi) is 25.0. The highest BCUT2D eigenvalue weighted by Gasteiger charge is 2.43. The summed E-state index contributed by atoms with van der Waals surface area (Å²) in [5.41, 5.74) is 12.3. The Balaban J connectivity index is 4.21. The summed E-state index contributed by atoms with van der Waals surface area (Å²) in [7, 11) is 0. The van der Waals surface area contributed by atoms with Crippen molar-refractivity contribution < 1.29 is 9.47 Å². The zero-order valence-corrected chi connectivity index (χ0v) is 25.4. The lowest BCUT2D eigenvalue weighted by Gasteiger charge is -2.43. The molecule has 0 spiro atoms. The van der Waals surface area contributed by atoms with E-state index in [1.54, 1.807) is 0 Å². The lowest BCUT2D eigenvalue weighted by molar-refractivity contribution is -0.292. The van der Waals surface area contributed by atoms with Crippen LogP contribution in [-0.4, -0.2) is 25.7 Å². The van der Waals surface area contributed by atoms with Gasteiger partial charge in [0, 0.05) is 5.41 Å². The van der Waals surface area contributed by atoms with E-state index in [-0.39, 0.29) is 5.41 Å². The van der Waals surface area contributed by atoms with Crippen LogP contribution in [0.4, 0.5) is 0 Å². The van der Waals surface area contributed by atoms with Crippen molar-refractivity contribution in [2.24, 2.45) is 16.9 Å². The van der Waals surface area contributed by atoms with Crippen molar-refractivity contribution in [3.63, 3.8) is 0 Å². The van der Waals surface area contributed by atoms with Gasteiger partial charge in [0.1, 0.15) is 0 Å². The van der Waals surface area contributed by atoms with Gasteiger partial charge in [0.15, 0.2) is 0 Å². The van der Waals surface area contributed by atoms with Gasteiger partial charge in [-0.3, -0.25) is 5.73 Å². The van der Waals surface area contributed by atoms with Gasteiger partial charge in [-0.2, -0.15) is 0 Å². The van der Waals surface area contributed by atoms with Gasteiger partial charge < -0.3 is 15.2 Å². The van der Waals surface area contributed by atoms with E-state index in [1.807, 2.05) is 0 Å². The first-order valence-electron chi connectivity index (χ1n) is 16.2. The summed E-state index contributed by atoms with van der Waals surface area (Å²) >= 11 is 0. The molecule has 0 aliphatic carbocycles. The molecule has 0 rings (SSSR count). The van der Waals surface area contributed by atoms with E-state index < -0.39 is 5.91 Å². The van der Waals surface area contributed by atoms with E-state index in [0.717, 1.165) is 38.6 Å². The Morgan fingerprint density at radius 2 is 0.806 bits per heavy atom. The molecule has 0 saturated carbocycles. The highest BCUT2D eigenvalue weighted by Crippen LogP contribution is 2.36. The molecule has 0 atom stereocenters. The van der Waals surface area contributed by atoms with Gasteiger partial charge in [0.2, 0.25) is 5.91 Å². The fourth-order valence-corrected chi connectivity index (χ4v) is 4.94. The molecule has 0 heterocycles. The van der Waals surface area contributed by atoms with Crippen molar-refractivity contribution >= 4 is 0 Å². The minimum Gasteiger partial charge on any atom is -0.337 e. The molecule has 0 aromatic carbocycles. The number of hydrogen-bond donors (Lipinski definition) is 2. The Morgan fingerprint density at radius 3 is 1.14 bits per heavy atom. The topological polar surface area (TPSA) is 70.5 Å². The van der Waals surface area contributed by atoms with E-state index in [9.17, 15) is 0 Å². The molecule has 218 valence electrons.